The zero-order valence-electron chi connectivity index (χ0n) is 13.7. The summed E-state index contributed by atoms with van der Waals surface area (Å²) < 4.78 is 0. The molecule has 1 aromatic rings. The van der Waals surface area contributed by atoms with Crippen molar-refractivity contribution in [3.63, 3.8) is 0 Å². The Morgan fingerprint density at radius 3 is 2.30 bits per heavy atom. The molecule has 1 aromatic carbocycles. The third-order valence-electron chi connectivity index (χ3n) is 3.55. The molecule has 114 valence electrons. The van der Waals surface area contributed by atoms with E-state index < -0.39 is 0 Å². The van der Waals surface area contributed by atoms with Crippen molar-refractivity contribution >= 4 is 11.6 Å². The minimum Gasteiger partial charge on any atom is -0.311 e. The van der Waals surface area contributed by atoms with Gasteiger partial charge in [-0.3, -0.25) is 4.90 Å². The first kappa shape index (κ1) is 17.5. The van der Waals surface area contributed by atoms with Crippen LogP contribution in [0.1, 0.15) is 40.2 Å². The summed E-state index contributed by atoms with van der Waals surface area (Å²) in [5.74, 6) is 0.595. The second-order valence-corrected chi connectivity index (χ2v) is 7.36. The maximum Gasteiger partial charge on any atom is 0.0451 e. The number of rotatable bonds is 6. The molecule has 0 saturated carbocycles. The third-order valence-corrected chi connectivity index (χ3v) is 3.92. The number of benzene rings is 1. The second-order valence-electron chi connectivity index (χ2n) is 6.95. The van der Waals surface area contributed by atoms with Gasteiger partial charge in [0.1, 0.15) is 0 Å². The van der Waals surface area contributed by atoms with Crippen LogP contribution in [0.4, 0.5) is 0 Å². The van der Waals surface area contributed by atoms with Crippen molar-refractivity contribution in [1.82, 2.24) is 10.2 Å². The van der Waals surface area contributed by atoms with Gasteiger partial charge in [0.15, 0.2) is 0 Å². The number of hydrogen-bond acceptors (Lipinski definition) is 2. The molecular weight excluding hydrogens is 268 g/mol. The molecule has 0 radical (unpaired) electrons. The minimum atomic E-state index is 0.151. The monoisotopic (exact) mass is 296 g/mol. The second kappa shape index (κ2) is 7.44. The molecule has 0 spiro atoms. The topological polar surface area (TPSA) is 15.3 Å². The first-order valence-corrected chi connectivity index (χ1v) is 7.77. The summed E-state index contributed by atoms with van der Waals surface area (Å²) in [5.41, 5.74) is 1.34. The fourth-order valence-corrected chi connectivity index (χ4v) is 2.52. The predicted molar refractivity (Wildman–Crippen MR) is 89.3 cm³/mol. The van der Waals surface area contributed by atoms with E-state index in [4.69, 9.17) is 11.6 Å². The fraction of sp³-hybridized carbons (Fsp3) is 0.647. The van der Waals surface area contributed by atoms with Gasteiger partial charge in [-0.25, -0.2) is 0 Å². The first-order valence-electron chi connectivity index (χ1n) is 7.39. The summed E-state index contributed by atoms with van der Waals surface area (Å²) in [6.07, 6.45) is 0. The van der Waals surface area contributed by atoms with Gasteiger partial charge < -0.3 is 5.32 Å². The van der Waals surface area contributed by atoms with E-state index in [9.17, 15) is 0 Å². The number of halogens is 1. The van der Waals surface area contributed by atoms with E-state index in [0.29, 0.717) is 12.0 Å². The van der Waals surface area contributed by atoms with E-state index in [0.717, 1.165) is 18.1 Å². The summed E-state index contributed by atoms with van der Waals surface area (Å²) >= 11 is 6.26. The molecule has 0 aromatic heterocycles. The van der Waals surface area contributed by atoms with Crippen LogP contribution in [0.25, 0.3) is 0 Å². The van der Waals surface area contributed by atoms with Crippen LogP contribution in [0.3, 0.4) is 0 Å². The molecule has 0 aliphatic heterocycles. The van der Waals surface area contributed by atoms with Crippen LogP contribution in [0.5, 0.6) is 0 Å². The Bertz CT molecular complexity index is 410. The van der Waals surface area contributed by atoms with Gasteiger partial charge in [0.2, 0.25) is 0 Å². The molecule has 3 heteroatoms. The van der Waals surface area contributed by atoms with Crippen LogP contribution >= 0.6 is 11.6 Å². The van der Waals surface area contributed by atoms with Gasteiger partial charge in [0.05, 0.1) is 0 Å². The van der Waals surface area contributed by atoms with E-state index in [1.807, 2.05) is 18.2 Å². The molecule has 1 atom stereocenters. The van der Waals surface area contributed by atoms with Gasteiger partial charge in [0, 0.05) is 29.7 Å². The third kappa shape index (κ3) is 5.82. The van der Waals surface area contributed by atoms with Gasteiger partial charge in [-0.05, 0) is 45.4 Å². The van der Waals surface area contributed by atoms with Crippen molar-refractivity contribution in [3.05, 3.63) is 34.9 Å². The summed E-state index contributed by atoms with van der Waals surface area (Å²) in [6, 6.07) is 8.58. The Hall–Kier alpha value is -0.570. The first-order chi connectivity index (χ1) is 9.20. The van der Waals surface area contributed by atoms with Gasteiger partial charge in [-0.2, -0.15) is 0 Å². The van der Waals surface area contributed by atoms with E-state index in [1.165, 1.54) is 5.56 Å². The highest BCUT2D eigenvalue weighted by Crippen LogP contribution is 2.19. The molecule has 20 heavy (non-hydrogen) atoms. The average molecular weight is 297 g/mol. The Kier molecular flexibility index (Phi) is 6.50. The Morgan fingerprint density at radius 2 is 1.80 bits per heavy atom. The van der Waals surface area contributed by atoms with Crippen molar-refractivity contribution < 1.29 is 0 Å². The highest BCUT2D eigenvalue weighted by atomic mass is 35.5. The molecule has 1 N–H and O–H groups in total. The molecular formula is C17H29ClN2. The molecule has 2 nitrogen and oxygen atoms in total. The van der Waals surface area contributed by atoms with Gasteiger partial charge in [0.25, 0.3) is 0 Å². The van der Waals surface area contributed by atoms with E-state index in [2.05, 4.69) is 57.9 Å². The molecule has 0 amide bonds. The summed E-state index contributed by atoms with van der Waals surface area (Å²) in [7, 11) is 2.18. The van der Waals surface area contributed by atoms with Gasteiger partial charge in [-0.15, -0.1) is 0 Å². The molecule has 1 unspecified atom stereocenters. The van der Waals surface area contributed by atoms with Crippen molar-refractivity contribution in [1.29, 1.82) is 0 Å². The normalized spacial score (nSPS) is 14.1. The molecule has 0 bridgehead atoms. The van der Waals surface area contributed by atoms with E-state index in [1.54, 1.807) is 0 Å². The zero-order chi connectivity index (χ0) is 15.3. The van der Waals surface area contributed by atoms with Crippen LogP contribution < -0.4 is 5.32 Å². The van der Waals surface area contributed by atoms with Crippen molar-refractivity contribution in [2.75, 3.05) is 13.6 Å². The predicted octanol–water partition coefficient (Wildman–Crippen LogP) is 4.18. The summed E-state index contributed by atoms with van der Waals surface area (Å²) in [5, 5.41) is 4.46. The summed E-state index contributed by atoms with van der Waals surface area (Å²) in [4.78, 5) is 2.39. The summed E-state index contributed by atoms with van der Waals surface area (Å²) in [6.45, 7) is 13.0. The molecule has 0 saturated heterocycles. The van der Waals surface area contributed by atoms with E-state index >= 15 is 0 Å². The molecule has 1 rings (SSSR count). The molecule has 0 fully saturated rings. The van der Waals surface area contributed by atoms with E-state index in [-0.39, 0.29) is 5.54 Å². The lowest BCUT2D eigenvalue weighted by atomic mass is 10.00. The maximum atomic E-state index is 6.26. The number of nitrogens with one attached hydrogen (secondary N) is 1. The van der Waals surface area contributed by atoms with Crippen LogP contribution in [-0.4, -0.2) is 30.1 Å². The molecule has 0 aliphatic carbocycles. The maximum absolute atomic E-state index is 6.26. The number of nitrogens with zero attached hydrogens (tertiary/aromatic N) is 1. The quantitative estimate of drug-likeness (QED) is 0.847. The largest absolute Gasteiger partial charge is 0.311 e. The van der Waals surface area contributed by atoms with Gasteiger partial charge in [-0.1, -0.05) is 43.6 Å². The van der Waals surface area contributed by atoms with Crippen LogP contribution in [0.15, 0.2) is 24.3 Å². The van der Waals surface area contributed by atoms with Crippen LogP contribution in [-0.2, 0) is 6.54 Å². The zero-order valence-corrected chi connectivity index (χ0v) is 14.5. The SMILES string of the molecule is CC(C)C(CNC(C)(C)C)N(C)Cc1ccccc1Cl. The Morgan fingerprint density at radius 1 is 1.20 bits per heavy atom. The van der Waals surface area contributed by atoms with Gasteiger partial charge >= 0.3 is 0 Å². The Labute approximate surface area is 129 Å². The minimum absolute atomic E-state index is 0.151. The van der Waals surface area contributed by atoms with Crippen molar-refractivity contribution in [3.8, 4) is 0 Å². The highest BCUT2D eigenvalue weighted by molar-refractivity contribution is 6.31. The molecule has 0 heterocycles. The smallest absolute Gasteiger partial charge is 0.0451 e. The molecule has 0 aliphatic rings. The van der Waals surface area contributed by atoms with Crippen LogP contribution in [0, 0.1) is 5.92 Å². The average Bonchev–Trinajstić information content (AvgIpc) is 2.30. The van der Waals surface area contributed by atoms with Crippen molar-refractivity contribution in [2.45, 2.75) is 52.7 Å². The van der Waals surface area contributed by atoms with Crippen molar-refractivity contribution in [2.24, 2.45) is 5.92 Å². The highest BCUT2D eigenvalue weighted by Gasteiger charge is 2.21. The van der Waals surface area contributed by atoms with Crippen LogP contribution in [0.2, 0.25) is 5.02 Å². The number of likely N-dealkylation sites (N-methyl/N-ethyl adjacent to an activating group) is 1. The lowest BCUT2D eigenvalue weighted by Gasteiger charge is -2.34. The fourth-order valence-electron chi connectivity index (χ4n) is 2.32. The lowest BCUT2D eigenvalue weighted by Crippen LogP contribution is -2.48. The number of hydrogen-bond donors (Lipinski definition) is 1. The Balaban J connectivity index is 2.69. The standard InChI is InChI=1S/C17H29ClN2/c1-13(2)16(11-19-17(3,4)5)20(6)12-14-9-7-8-10-15(14)18/h7-10,13,16,19H,11-12H2,1-6H3. The lowest BCUT2D eigenvalue weighted by molar-refractivity contribution is 0.169.